The summed E-state index contributed by atoms with van der Waals surface area (Å²) in [5, 5.41) is 9.93. The number of alkyl halides is 3. The van der Waals surface area contributed by atoms with Crippen LogP contribution >= 0.6 is 0 Å². The minimum Gasteiger partial charge on any atom is -0.355 e. The van der Waals surface area contributed by atoms with Crippen LogP contribution in [-0.2, 0) is 4.79 Å². The number of hydrogen-bond acceptors (Lipinski definition) is 3. The fraction of sp³-hybridized carbons (Fsp3) is 0.500. The Hall–Kier alpha value is -1.89. The van der Waals surface area contributed by atoms with Crippen molar-refractivity contribution in [2.45, 2.75) is 50.0 Å². The Morgan fingerprint density at radius 2 is 1.74 bits per heavy atom. The fourth-order valence-electron chi connectivity index (χ4n) is 3.17. The summed E-state index contributed by atoms with van der Waals surface area (Å²) in [6, 6.07) is 7.86. The molecule has 23 heavy (non-hydrogen) atoms. The van der Waals surface area contributed by atoms with Gasteiger partial charge in [-0.1, -0.05) is 49.6 Å². The zero-order valence-corrected chi connectivity index (χ0v) is 12.4. The quantitative estimate of drug-likeness (QED) is 0.908. The van der Waals surface area contributed by atoms with Crippen molar-refractivity contribution < 1.29 is 23.1 Å². The second-order valence-corrected chi connectivity index (χ2v) is 5.94. The van der Waals surface area contributed by atoms with E-state index in [1.807, 2.05) is 0 Å². The zero-order valence-electron chi connectivity index (χ0n) is 12.4. The maximum atomic E-state index is 13.2. The Morgan fingerprint density at radius 1 is 1.13 bits per heavy atom. The third-order valence-corrected chi connectivity index (χ3v) is 4.38. The number of hydrogen-bond donors (Lipinski definition) is 1. The number of aliphatic imine (C=N–C) groups is 1. The molecule has 1 aliphatic carbocycles. The lowest BCUT2D eigenvalue weighted by Gasteiger charge is -2.33. The number of carbonyl (C=O) groups is 1. The SMILES string of the molecule is O=C1N(C2CCCCC2)C(c2ccccc2)=N[C@@]1(O)C(F)(F)F. The van der Waals surface area contributed by atoms with E-state index in [0.717, 1.165) is 24.2 Å². The summed E-state index contributed by atoms with van der Waals surface area (Å²) in [7, 11) is 0. The monoisotopic (exact) mass is 326 g/mol. The van der Waals surface area contributed by atoms with Gasteiger partial charge in [0, 0.05) is 11.6 Å². The maximum Gasteiger partial charge on any atom is 0.448 e. The largest absolute Gasteiger partial charge is 0.448 e. The molecule has 0 bridgehead atoms. The Morgan fingerprint density at radius 3 is 2.30 bits per heavy atom. The normalized spacial score (nSPS) is 26.5. The minimum atomic E-state index is -5.15. The first-order valence-electron chi connectivity index (χ1n) is 7.62. The van der Waals surface area contributed by atoms with E-state index in [4.69, 9.17) is 0 Å². The highest BCUT2D eigenvalue weighted by atomic mass is 19.4. The first-order valence-corrected chi connectivity index (χ1v) is 7.62. The second kappa shape index (κ2) is 5.63. The molecule has 1 N–H and O–H groups in total. The number of nitrogens with zero attached hydrogens (tertiary/aromatic N) is 2. The van der Waals surface area contributed by atoms with E-state index < -0.39 is 17.8 Å². The van der Waals surface area contributed by atoms with Gasteiger partial charge in [0.15, 0.2) is 0 Å². The highest BCUT2D eigenvalue weighted by molar-refractivity contribution is 6.15. The lowest BCUT2D eigenvalue weighted by Crippen LogP contribution is -2.54. The predicted molar refractivity (Wildman–Crippen MR) is 77.7 cm³/mol. The molecular formula is C16H17F3N2O2. The molecule has 2 aliphatic rings. The number of halogens is 3. The predicted octanol–water partition coefficient (Wildman–Crippen LogP) is 2.86. The van der Waals surface area contributed by atoms with Crippen molar-refractivity contribution in [3.05, 3.63) is 35.9 Å². The molecule has 124 valence electrons. The highest BCUT2D eigenvalue weighted by Crippen LogP contribution is 2.40. The lowest BCUT2D eigenvalue weighted by atomic mass is 9.93. The van der Waals surface area contributed by atoms with E-state index in [2.05, 4.69) is 4.99 Å². The van der Waals surface area contributed by atoms with E-state index in [9.17, 15) is 23.1 Å². The molecule has 1 atom stereocenters. The van der Waals surface area contributed by atoms with Crippen LogP contribution in [0.15, 0.2) is 35.3 Å². The molecule has 0 aromatic heterocycles. The number of amidine groups is 1. The first-order chi connectivity index (χ1) is 10.8. The van der Waals surface area contributed by atoms with Crippen LogP contribution in [0.5, 0.6) is 0 Å². The van der Waals surface area contributed by atoms with Crippen LogP contribution in [-0.4, -0.2) is 39.7 Å². The van der Waals surface area contributed by atoms with E-state index in [-0.39, 0.29) is 11.9 Å². The molecule has 0 saturated heterocycles. The van der Waals surface area contributed by atoms with Crippen LogP contribution in [0.25, 0.3) is 0 Å². The minimum absolute atomic E-state index is 0.0951. The molecule has 1 heterocycles. The van der Waals surface area contributed by atoms with Gasteiger partial charge in [0.25, 0.3) is 5.91 Å². The van der Waals surface area contributed by atoms with Crippen LogP contribution in [0, 0.1) is 0 Å². The van der Waals surface area contributed by atoms with Gasteiger partial charge in [-0.25, -0.2) is 4.99 Å². The third-order valence-electron chi connectivity index (χ3n) is 4.38. The lowest BCUT2D eigenvalue weighted by molar-refractivity contribution is -0.248. The molecule has 4 nitrogen and oxygen atoms in total. The van der Waals surface area contributed by atoms with Crippen molar-refractivity contribution in [2.75, 3.05) is 0 Å². The van der Waals surface area contributed by atoms with Crippen LogP contribution in [0.1, 0.15) is 37.7 Å². The Kier molecular flexibility index (Phi) is 3.91. The second-order valence-electron chi connectivity index (χ2n) is 5.94. The van der Waals surface area contributed by atoms with Crippen molar-refractivity contribution in [1.82, 2.24) is 4.90 Å². The van der Waals surface area contributed by atoms with E-state index in [1.165, 1.54) is 0 Å². The molecule has 7 heteroatoms. The van der Waals surface area contributed by atoms with Gasteiger partial charge >= 0.3 is 11.9 Å². The first kappa shape index (κ1) is 16.0. The van der Waals surface area contributed by atoms with Crippen LogP contribution < -0.4 is 0 Å². The average molecular weight is 326 g/mol. The van der Waals surface area contributed by atoms with E-state index in [0.29, 0.717) is 18.4 Å². The average Bonchev–Trinajstić information content (AvgIpc) is 2.82. The summed E-state index contributed by atoms with van der Waals surface area (Å²) in [6.45, 7) is 0. The van der Waals surface area contributed by atoms with Gasteiger partial charge in [-0.05, 0) is 12.8 Å². The molecule has 1 amide bonds. The topological polar surface area (TPSA) is 52.9 Å². The summed E-state index contributed by atoms with van der Waals surface area (Å²) < 4.78 is 39.7. The molecule has 1 aromatic rings. The molecule has 1 fully saturated rings. The molecule has 1 aliphatic heterocycles. The summed E-state index contributed by atoms with van der Waals surface area (Å²) in [6.07, 6.45) is -1.22. The highest BCUT2D eigenvalue weighted by Gasteiger charge is 2.66. The van der Waals surface area contributed by atoms with Gasteiger partial charge in [-0.2, -0.15) is 13.2 Å². The summed E-state index contributed by atoms with van der Waals surface area (Å²) in [5.74, 6) is -1.49. The Labute approximate surface area is 131 Å². The Balaban J connectivity index is 2.06. The molecule has 0 radical (unpaired) electrons. The summed E-state index contributed by atoms with van der Waals surface area (Å²) >= 11 is 0. The van der Waals surface area contributed by atoms with Gasteiger partial charge in [0.05, 0.1) is 0 Å². The third kappa shape index (κ3) is 2.63. The number of aliphatic hydroxyl groups is 1. The number of rotatable bonds is 2. The summed E-state index contributed by atoms with van der Waals surface area (Å²) in [4.78, 5) is 16.9. The molecule has 0 unspecified atom stereocenters. The van der Waals surface area contributed by atoms with E-state index in [1.54, 1.807) is 30.3 Å². The van der Waals surface area contributed by atoms with Crippen molar-refractivity contribution in [3.63, 3.8) is 0 Å². The van der Waals surface area contributed by atoms with Crippen LogP contribution in [0.3, 0.4) is 0 Å². The van der Waals surface area contributed by atoms with Gasteiger partial charge in [0.2, 0.25) is 0 Å². The Bertz CT molecular complexity index is 624. The summed E-state index contributed by atoms with van der Waals surface area (Å²) in [5.41, 5.74) is -3.29. The molecule has 3 rings (SSSR count). The fourth-order valence-corrected chi connectivity index (χ4v) is 3.17. The molecule has 1 aromatic carbocycles. The van der Waals surface area contributed by atoms with Crippen LogP contribution in [0.2, 0.25) is 0 Å². The standard InChI is InChI=1S/C16H17F3N2O2/c17-16(18,19)15(23)14(22)21(12-9-5-2-6-10-12)13(20-15)11-7-3-1-4-8-11/h1,3-4,7-8,12,23H,2,5-6,9-10H2/t15-/m0/s1. The van der Waals surface area contributed by atoms with Gasteiger partial charge < -0.3 is 5.11 Å². The van der Waals surface area contributed by atoms with Gasteiger partial charge in [-0.15, -0.1) is 0 Å². The smallest absolute Gasteiger partial charge is 0.355 e. The van der Waals surface area contributed by atoms with E-state index >= 15 is 0 Å². The zero-order chi connectivity index (χ0) is 16.7. The molecular weight excluding hydrogens is 309 g/mol. The van der Waals surface area contributed by atoms with Crippen LogP contribution in [0.4, 0.5) is 13.2 Å². The molecule has 1 saturated carbocycles. The van der Waals surface area contributed by atoms with Gasteiger partial charge in [0.1, 0.15) is 5.84 Å². The number of benzene rings is 1. The molecule has 0 spiro atoms. The number of amides is 1. The van der Waals surface area contributed by atoms with Crippen molar-refractivity contribution >= 4 is 11.7 Å². The van der Waals surface area contributed by atoms with Crippen molar-refractivity contribution in [3.8, 4) is 0 Å². The van der Waals surface area contributed by atoms with Gasteiger partial charge in [-0.3, -0.25) is 9.69 Å². The van der Waals surface area contributed by atoms with Crippen molar-refractivity contribution in [1.29, 1.82) is 0 Å². The van der Waals surface area contributed by atoms with Crippen molar-refractivity contribution in [2.24, 2.45) is 4.99 Å². The maximum absolute atomic E-state index is 13.2. The number of carbonyl (C=O) groups excluding carboxylic acids is 1.